The van der Waals surface area contributed by atoms with E-state index < -0.39 is 9.05 Å². The fourth-order valence-corrected chi connectivity index (χ4v) is 3.10. The van der Waals surface area contributed by atoms with Gasteiger partial charge in [-0.25, -0.2) is 8.42 Å². The Hall–Kier alpha value is -1.11. The Bertz CT molecular complexity index is 607. The minimum absolute atomic E-state index is 0.0392. The highest BCUT2D eigenvalue weighted by atomic mass is 35.7. The standard InChI is InChI=1S/C13H16ClNO4S/c1-9-7-15(8-10(2)19-9)13(16)11-4-3-5-12(6-11)20(14,17)18/h3-6,9-10H,7-8H2,1-2H3/t9-,10+. The van der Waals surface area contributed by atoms with Crippen molar-refractivity contribution in [1.29, 1.82) is 0 Å². The topological polar surface area (TPSA) is 63.7 Å². The molecule has 0 aliphatic carbocycles. The lowest BCUT2D eigenvalue weighted by molar-refractivity contribution is -0.0586. The number of nitrogens with zero attached hydrogens (tertiary/aromatic N) is 1. The normalized spacial score (nSPS) is 23.6. The van der Waals surface area contributed by atoms with Crippen molar-refractivity contribution in [2.24, 2.45) is 0 Å². The van der Waals surface area contributed by atoms with Gasteiger partial charge in [0, 0.05) is 29.3 Å². The number of carbonyl (C=O) groups excluding carboxylic acids is 1. The van der Waals surface area contributed by atoms with Gasteiger partial charge in [-0.15, -0.1) is 0 Å². The molecule has 0 radical (unpaired) electrons. The summed E-state index contributed by atoms with van der Waals surface area (Å²) < 4.78 is 28.2. The van der Waals surface area contributed by atoms with E-state index in [4.69, 9.17) is 15.4 Å². The molecule has 1 aromatic rings. The van der Waals surface area contributed by atoms with Crippen molar-refractivity contribution in [3.8, 4) is 0 Å². The minimum atomic E-state index is -3.83. The average Bonchev–Trinajstić information content (AvgIpc) is 2.36. The predicted molar refractivity (Wildman–Crippen MR) is 75.4 cm³/mol. The van der Waals surface area contributed by atoms with Gasteiger partial charge in [-0.3, -0.25) is 4.79 Å². The molecule has 1 heterocycles. The van der Waals surface area contributed by atoms with Gasteiger partial charge in [0.05, 0.1) is 17.1 Å². The van der Waals surface area contributed by atoms with Crippen molar-refractivity contribution >= 4 is 25.6 Å². The number of halogens is 1. The van der Waals surface area contributed by atoms with Gasteiger partial charge in [0.1, 0.15) is 0 Å². The molecule has 0 spiro atoms. The first kappa shape index (κ1) is 15.3. The maximum Gasteiger partial charge on any atom is 0.261 e. The van der Waals surface area contributed by atoms with E-state index in [-0.39, 0.29) is 23.0 Å². The molecule has 2 atom stereocenters. The van der Waals surface area contributed by atoms with Gasteiger partial charge < -0.3 is 9.64 Å². The second-order valence-electron chi connectivity index (χ2n) is 4.93. The van der Waals surface area contributed by atoms with Crippen LogP contribution in [0.25, 0.3) is 0 Å². The Balaban J connectivity index is 2.25. The monoisotopic (exact) mass is 317 g/mol. The zero-order valence-electron chi connectivity index (χ0n) is 11.2. The van der Waals surface area contributed by atoms with Crippen LogP contribution >= 0.6 is 10.7 Å². The quantitative estimate of drug-likeness (QED) is 0.781. The van der Waals surface area contributed by atoms with Gasteiger partial charge in [0.15, 0.2) is 0 Å². The highest BCUT2D eigenvalue weighted by Crippen LogP contribution is 2.19. The van der Waals surface area contributed by atoms with Crippen molar-refractivity contribution in [2.45, 2.75) is 31.0 Å². The Morgan fingerprint density at radius 3 is 2.45 bits per heavy atom. The van der Waals surface area contributed by atoms with Crippen molar-refractivity contribution in [2.75, 3.05) is 13.1 Å². The Labute approximate surface area is 122 Å². The van der Waals surface area contributed by atoms with Crippen LogP contribution in [0, 0.1) is 0 Å². The first-order valence-electron chi connectivity index (χ1n) is 6.27. The van der Waals surface area contributed by atoms with Crippen molar-refractivity contribution in [1.82, 2.24) is 4.90 Å². The molecule has 1 saturated heterocycles. The first-order chi connectivity index (χ1) is 9.27. The van der Waals surface area contributed by atoms with Crippen LogP contribution in [-0.4, -0.2) is 44.5 Å². The maximum atomic E-state index is 12.4. The number of morpholine rings is 1. The molecule has 1 aliphatic rings. The third-order valence-electron chi connectivity index (χ3n) is 3.07. The molecule has 0 N–H and O–H groups in total. The molecule has 1 aliphatic heterocycles. The molecule has 0 unspecified atom stereocenters. The van der Waals surface area contributed by atoms with E-state index in [1.54, 1.807) is 11.0 Å². The van der Waals surface area contributed by atoms with E-state index in [1.807, 2.05) is 13.8 Å². The summed E-state index contributed by atoms with van der Waals surface area (Å²) >= 11 is 0. The SMILES string of the molecule is C[C@@H]1CN(C(=O)c2cccc(S(=O)(=O)Cl)c2)C[C@H](C)O1. The molecule has 0 saturated carbocycles. The molecule has 1 aromatic carbocycles. The number of benzene rings is 1. The van der Waals surface area contributed by atoms with Gasteiger partial charge in [-0.05, 0) is 32.0 Å². The zero-order valence-corrected chi connectivity index (χ0v) is 12.8. The van der Waals surface area contributed by atoms with Crippen molar-refractivity contribution < 1.29 is 17.9 Å². The highest BCUT2D eigenvalue weighted by molar-refractivity contribution is 8.13. The molecule has 2 rings (SSSR count). The second-order valence-corrected chi connectivity index (χ2v) is 7.50. The van der Waals surface area contributed by atoms with Crippen LogP contribution in [0.5, 0.6) is 0 Å². The van der Waals surface area contributed by atoms with E-state index in [2.05, 4.69) is 0 Å². The number of hydrogen-bond acceptors (Lipinski definition) is 4. The second kappa shape index (κ2) is 5.71. The number of amides is 1. The van der Waals surface area contributed by atoms with Crippen molar-refractivity contribution in [3.05, 3.63) is 29.8 Å². The zero-order chi connectivity index (χ0) is 14.9. The van der Waals surface area contributed by atoms with E-state index in [0.29, 0.717) is 18.7 Å². The summed E-state index contributed by atoms with van der Waals surface area (Å²) in [5.41, 5.74) is 0.313. The van der Waals surface area contributed by atoms with Crippen LogP contribution in [0.4, 0.5) is 0 Å². The maximum absolute atomic E-state index is 12.4. The number of hydrogen-bond donors (Lipinski definition) is 0. The molecular weight excluding hydrogens is 302 g/mol. The summed E-state index contributed by atoms with van der Waals surface area (Å²) in [5, 5.41) is 0. The van der Waals surface area contributed by atoms with E-state index in [9.17, 15) is 13.2 Å². The Kier molecular flexibility index (Phi) is 4.36. The van der Waals surface area contributed by atoms with Gasteiger partial charge in [0.2, 0.25) is 0 Å². The number of rotatable bonds is 2. The smallest absolute Gasteiger partial charge is 0.261 e. The van der Waals surface area contributed by atoms with Gasteiger partial charge in [-0.2, -0.15) is 0 Å². The minimum Gasteiger partial charge on any atom is -0.372 e. The van der Waals surface area contributed by atoms with Gasteiger partial charge in [0.25, 0.3) is 15.0 Å². The van der Waals surface area contributed by atoms with E-state index >= 15 is 0 Å². The summed E-state index contributed by atoms with van der Waals surface area (Å²) in [6.45, 7) is 4.77. The van der Waals surface area contributed by atoms with Crippen LogP contribution in [0.2, 0.25) is 0 Å². The highest BCUT2D eigenvalue weighted by Gasteiger charge is 2.27. The lowest BCUT2D eigenvalue weighted by Gasteiger charge is -2.35. The summed E-state index contributed by atoms with van der Waals surface area (Å²) in [7, 11) is 1.46. The predicted octanol–water partition coefficient (Wildman–Crippen LogP) is 1.86. The van der Waals surface area contributed by atoms with Crippen LogP contribution in [0.3, 0.4) is 0 Å². The summed E-state index contributed by atoms with van der Waals surface area (Å²) in [5.74, 6) is -0.214. The largest absolute Gasteiger partial charge is 0.372 e. The molecule has 110 valence electrons. The fourth-order valence-electron chi connectivity index (χ4n) is 2.31. The summed E-state index contributed by atoms with van der Waals surface area (Å²) in [4.78, 5) is 14.0. The molecule has 7 heteroatoms. The van der Waals surface area contributed by atoms with Crippen LogP contribution in [-0.2, 0) is 13.8 Å². The van der Waals surface area contributed by atoms with Gasteiger partial charge >= 0.3 is 0 Å². The third-order valence-corrected chi connectivity index (χ3v) is 4.42. The third kappa shape index (κ3) is 3.50. The Morgan fingerprint density at radius 2 is 1.90 bits per heavy atom. The fraction of sp³-hybridized carbons (Fsp3) is 0.462. The van der Waals surface area contributed by atoms with E-state index in [0.717, 1.165) is 0 Å². The summed E-state index contributed by atoms with van der Waals surface area (Å²) in [6.07, 6.45) is -0.0784. The summed E-state index contributed by atoms with van der Waals surface area (Å²) in [6, 6.07) is 5.76. The van der Waals surface area contributed by atoms with Crippen LogP contribution < -0.4 is 0 Å². The molecule has 0 aromatic heterocycles. The molecule has 1 fully saturated rings. The molecular formula is C13H16ClNO4S. The van der Waals surface area contributed by atoms with Crippen LogP contribution in [0.15, 0.2) is 29.2 Å². The van der Waals surface area contributed by atoms with Crippen LogP contribution in [0.1, 0.15) is 24.2 Å². The van der Waals surface area contributed by atoms with Gasteiger partial charge in [-0.1, -0.05) is 6.07 Å². The lowest BCUT2D eigenvalue weighted by atomic mass is 10.1. The van der Waals surface area contributed by atoms with Crippen molar-refractivity contribution in [3.63, 3.8) is 0 Å². The number of ether oxygens (including phenoxy) is 1. The van der Waals surface area contributed by atoms with E-state index in [1.165, 1.54) is 18.2 Å². The Morgan fingerprint density at radius 1 is 1.30 bits per heavy atom. The molecule has 5 nitrogen and oxygen atoms in total. The molecule has 0 bridgehead atoms. The molecule has 1 amide bonds. The first-order valence-corrected chi connectivity index (χ1v) is 8.58. The number of carbonyl (C=O) groups is 1. The molecule has 20 heavy (non-hydrogen) atoms. The average molecular weight is 318 g/mol. The lowest BCUT2D eigenvalue weighted by Crippen LogP contribution is -2.48.